The molecule has 0 bridgehead atoms. The van der Waals surface area contributed by atoms with Crippen molar-refractivity contribution in [3.63, 3.8) is 0 Å². The minimum Gasteiger partial charge on any atom is -0.445 e. The zero-order valence-corrected chi connectivity index (χ0v) is 6.25. The van der Waals surface area contributed by atoms with Gasteiger partial charge in [0.05, 0.1) is 0 Å². The lowest BCUT2D eigenvalue weighted by molar-refractivity contribution is 0.500. The van der Waals surface area contributed by atoms with Crippen molar-refractivity contribution in [1.82, 2.24) is 9.97 Å². The van der Waals surface area contributed by atoms with E-state index in [0.717, 1.165) is 18.7 Å². The first kappa shape index (κ1) is 8.09. The molecule has 0 atom stereocenters. The number of hydrogen-bond donors (Lipinski definition) is 0. The van der Waals surface area contributed by atoms with E-state index < -0.39 is 12.4 Å². The van der Waals surface area contributed by atoms with E-state index in [9.17, 15) is 12.9 Å². The minimum atomic E-state index is -5.02. The lowest BCUT2D eigenvalue weighted by atomic mass is 9.81. The van der Waals surface area contributed by atoms with E-state index in [1.165, 1.54) is 0 Å². The number of aromatic nitrogens is 2. The van der Waals surface area contributed by atoms with E-state index in [-0.39, 0.29) is 11.2 Å². The second-order valence-electron chi connectivity index (χ2n) is 2.52. The molecule has 0 spiro atoms. The van der Waals surface area contributed by atoms with E-state index in [1.807, 2.05) is 0 Å². The normalized spacial score (nSPS) is 12.2. The molecular formula is C6H3BF3N2O-. The van der Waals surface area contributed by atoms with Crippen LogP contribution in [0.4, 0.5) is 12.9 Å². The predicted octanol–water partition coefficient (Wildman–Crippen LogP) is 1.28. The van der Waals surface area contributed by atoms with Crippen LogP contribution in [0.15, 0.2) is 23.1 Å². The van der Waals surface area contributed by atoms with Crippen molar-refractivity contribution in [2.75, 3.05) is 0 Å². The van der Waals surface area contributed by atoms with Crippen LogP contribution in [0.5, 0.6) is 0 Å². The number of rotatable bonds is 1. The predicted molar refractivity (Wildman–Crippen MR) is 40.5 cm³/mol. The summed E-state index contributed by atoms with van der Waals surface area (Å²) < 4.78 is 41.2. The van der Waals surface area contributed by atoms with Gasteiger partial charge in [0.15, 0.2) is 17.6 Å². The second-order valence-corrected chi connectivity index (χ2v) is 2.52. The molecule has 68 valence electrons. The summed E-state index contributed by atoms with van der Waals surface area (Å²) in [5.41, 5.74) is -0.537. The van der Waals surface area contributed by atoms with Crippen molar-refractivity contribution in [2.24, 2.45) is 0 Å². The zero-order valence-electron chi connectivity index (χ0n) is 6.25. The van der Waals surface area contributed by atoms with Crippen LogP contribution in [0.3, 0.4) is 0 Å². The van der Waals surface area contributed by atoms with E-state index in [2.05, 4.69) is 9.97 Å². The summed E-state index contributed by atoms with van der Waals surface area (Å²) in [4.78, 5) is 7.10. The molecule has 0 fully saturated rings. The Bertz CT molecular complexity index is 439. The highest BCUT2D eigenvalue weighted by Gasteiger charge is 2.26. The fourth-order valence-electron chi connectivity index (χ4n) is 0.948. The van der Waals surface area contributed by atoms with Gasteiger partial charge in [0, 0.05) is 6.20 Å². The Labute approximate surface area is 70.6 Å². The van der Waals surface area contributed by atoms with Gasteiger partial charge in [-0.15, -0.1) is 0 Å². The van der Waals surface area contributed by atoms with E-state index >= 15 is 0 Å². The topological polar surface area (TPSA) is 38.9 Å². The fourth-order valence-corrected chi connectivity index (χ4v) is 0.948. The quantitative estimate of drug-likeness (QED) is 0.631. The van der Waals surface area contributed by atoms with Crippen molar-refractivity contribution >= 4 is 23.7 Å². The molecule has 0 amide bonds. The highest BCUT2D eigenvalue weighted by molar-refractivity contribution is 6.73. The van der Waals surface area contributed by atoms with Crippen molar-refractivity contribution < 1.29 is 17.4 Å². The molecular weight excluding hydrogens is 184 g/mol. The summed E-state index contributed by atoms with van der Waals surface area (Å²) >= 11 is 0. The molecule has 0 unspecified atom stereocenters. The molecule has 2 aromatic rings. The third kappa shape index (κ3) is 1.37. The van der Waals surface area contributed by atoms with Crippen LogP contribution in [0.2, 0.25) is 0 Å². The molecule has 2 aromatic heterocycles. The molecule has 13 heavy (non-hydrogen) atoms. The van der Waals surface area contributed by atoms with Gasteiger partial charge < -0.3 is 17.4 Å². The van der Waals surface area contributed by atoms with Crippen LogP contribution < -0.4 is 5.46 Å². The second kappa shape index (κ2) is 2.48. The maximum atomic E-state index is 12.2. The standard InChI is InChI=1S/C6H3BF3N2O/c8-7(9,10)4-1-5-6(11-2-4)12-3-13-5/h1-3H/q-1. The SMILES string of the molecule is F[B-](F)(F)c1cnc2ncoc2c1. The summed E-state index contributed by atoms with van der Waals surface area (Å²) in [6, 6.07) is 0.898. The summed E-state index contributed by atoms with van der Waals surface area (Å²) in [7, 11) is 0. The van der Waals surface area contributed by atoms with Crippen LogP contribution in [0, 0.1) is 0 Å². The van der Waals surface area contributed by atoms with Gasteiger partial charge in [-0.3, -0.25) is 0 Å². The Hall–Kier alpha value is -1.53. The molecule has 0 aromatic carbocycles. The molecule has 0 saturated heterocycles. The first-order valence-corrected chi connectivity index (χ1v) is 3.46. The largest absolute Gasteiger partial charge is 0.511 e. The van der Waals surface area contributed by atoms with Gasteiger partial charge in [-0.1, -0.05) is 5.46 Å². The van der Waals surface area contributed by atoms with Gasteiger partial charge in [-0.05, 0) is 6.07 Å². The van der Waals surface area contributed by atoms with Gasteiger partial charge in [0.25, 0.3) is 0 Å². The number of halogens is 3. The molecule has 3 nitrogen and oxygen atoms in total. The van der Waals surface area contributed by atoms with Gasteiger partial charge >= 0.3 is 6.98 Å². The molecule has 2 rings (SSSR count). The highest BCUT2D eigenvalue weighted by Crippen LogP contribution is 2.12. The average molecular weight is 187 g/mol. The number of fused-ring (bicyclic) bond motifs is 1. The van der Waals surface area contributed by atoms with Crippen LogP contribution in [0.1, 0.15) is 0 Å². The van der Waals surface area contributed by atoms with Crippen LogP contribution in [-0.2, 0) is 0 Å². The van der Waals surface area contributed by atoms with Crippen LogP contribution in [-0.4, -0.2) is 16.9 Å². The maximum absolute atomic E-state index is 12.2. The minimum absolute atomic E-state index is 0.0525. The monoisotopic (exact) mass is 187 g/mol. The highest BCUT2D eigenvalue weighted by atomic mass is 19.4. The zero-order chi connectivity index (χ0) is 9.47. The Morgan fingerprint density at radius 2 is 2.00 bits per heavy atom. The molecule has 0 aliphatic rings. The van der Waals surface area contributed by atoms with E-state index in [1.54, 1.807) is 0 Å². The third-order valence-electron chi connectivity index (χ3n) is 1.59. The Kier molecular flexibility index (Phi) is 1.54. The van der Waals surface area contributed by atoms with E-state index in [0.29, 0.717) is 0 Å². The van der Waals surface area contributed by atoms with Crippen molar-refractivity contribution in [2.45, 2.75) is 0 Å². The molecule has 0 aliphatic heterocycles. The lowest BCUT2D eigenvalue weighted by Gasteiger charge is -2.12. The van der Waals surface area contributed by atoms with Gasteiger partial charge in [0.1, 0.15) is 0 Å². The van der Waals surface area contributed by atoms with Gasteiger partial charge in [-0.2, -0.15) is 4.98 Å². The first-order valence-electron chi connectivity index (χ1n) is 3.46. The molecule has 2 heterocycles. The molecule has 7 heteroatoms. The number of nitrogens with zero attached hydrogens (tertiary/aromatic N) is 2. The average Bonchev–Trinajstić information content (AvgIpc) is 2.47. The van der Waals surface area contributed by atoms with Crippen molar-refractivity contribution in [3.8, 4) is 0 Å². The van der Waals surface area contributed by atoms with E-state index in [4.69, 9.17) is 4.42 Å². The number of pyridine rings is 1. The van der Waals surface area contributed by atoms with Gasteiger partial charge in [0.2, 0.25) is 0 Å². The first-order chi connectivity index (χ1) is 6.07. The Morgan fingerprint density at radius 1 is 1.23 bits per heavy atom. The molecule has 0 radical (unpaired) electrons. The molecule has 0 N–H and O–H groups in total. The summed E-state index contributed by atoms with van der Waals surface area (Å²) in [6.45, 7) is -5.02. The molecule has 0 aliphatic carbocycles. The van der Waals surface area contributed by atoms with Gasteiger partial charge in [-0.25, -0.2) is 4.98 Å². The summed E-state index contributed by atoms with van der Waals surface area (Å²) in [6.07, 6.45) is 1.82. The number of hydrogen-bond acceptors (Lipinski definition) is 3. The van der Waals surface area contributed by atoms with Crippen molar-refractivity contribution in [3.05, 3.63) is 18.7 Å². The van der Waals surface area contributed by atoms with Crippen LogP contribution in [0.25, 0.3) is 11.2 Å². The lowest BCUT2D eigenvalue weighted by Crippen LogP contribution is -2.34. The summed E-state index contributed by atoms with van der Waals surface area (Å²) in [5.74, 6) is 0. The fraction of sp³-hybridized carbons (Fsp3) is 0. The Balaban J connectivity index is 2.61. The third-order valence-corrected chi connectivity index (χ3v) is 1.59. The number of oxazole rings is 1. The van der Waals surface area contributed by atoms with Crippen LogP contribution >= 0.6 is 0 Å². The smallest absolute Gasteiger partial charge is 0.445 e. The molecule has 0 saturated carbocycles. The maximum Gasteiger partial charge on any atom is 0.511 e. The summed E-state index contributed by atoms with van der Waals surface area (Å²) in [5, 5.41) is 0. The Morgan fingerprint density at radius 3 is 2.69 bits per heavy atom. The van der Waals surface area contributed by atoms with Crippen molar-refractivity contribution in [1.29, 1.82) is 0 Å².